The van der Waals surface area contributed by atoms with Crippen molar-refractivity contribution in [2.24, 2.45) is 0 Å². The fourth-order valence-corrected chi connectivity index (χ4v) is 1.35. The van der Waals surface area contributed by atoms with Crippen LogP contribution in [-0.2, 0) is 33.4 Å². The Morgan fingerprint density at radius 2 is 1.41 bits per heavy atom. The summed E-state index contributed by atoms with van der Waals surface area (Å²) >= 11 is 0. The van der Waals surface area contributed by atoms with Crippen LogP contribution in [0.5, 0.6) is 0 Å². The zero-order valence-electron chi connectivity index (χ0n) is 13.2. The maximum atomic E-state index is 11.8. The van der Waals surface area contributed by atoms with E-state index in [4.69, 9.17) is 9.47 Å². The highest BCUT2D eigenvalue weighted by Crippen LogP contribution is 2.08. The van der Waals surface area contributed by atoms with E-state index in [0.29, 0.717) is 6.42 Å². The van der Waals surface area contributed by atoms with Crippen LogP contribution in [0.15, 0.2) is 11.5 Å². The molecule has 0 aromatic rings. The van der Waals surface area contributed by atoms with Gasteiger partial charge in [-0.3, -0.25) is 4.79 Å². The van der Waals surface area contributed by atoms with Gasteiger partial charge in [0.2, 0.25) is 11.7 Å². The Morgan fingerprint density at radius 3 is 1.91 bits per heavy atom. The number of ether oxygens (including phenoxy) is 3. The Labute approximate surface area is 128 Å². The van der Waals surface area contributed by atoms with E-state index in [2.05, 4.69) is 10.1 Å². The van der Waals surface area contributed by atoms with Gasteiger partial charge in [0.1, 0.15) is 0 Å². The topological polar surface area (TPSA) is 108 Å². The van der Waals surface area contributed by atoms with E-state index in [9.17, 15) is 19.2 Å². The average molecular weight is 315 g/mol. The second kappa shape index (κ2) is 10.4. The first-order valence-corrected chi connectivity index (χ1v) is 6.94. The molecule has 1 amide bonds. The number of carbonyl (C=O) groups is 4. The van der Waals surface area contributed by atoms with E-state index in [1.54, 1.807) is 6.92 Å². The quantitative estimate of drug-likeness (QED) is 0.243. The van der Waals surface area contributed by atoms with Gasteiger partial charge in [-0.25, -0.2) is 14.4 Å². The van der Waals surface area contributed by atoms with E-state index in [1.807, 2.05) is 6.92 Å². The van der Waals surface area contributed by atoms with Crippen molar-refractivity contribution in [2.45, 2.75) is 40.5 Å². The minimum Gasteiger partial charge on any atom is -0.460 e. The molecule has 0 spiro atoms. The molecule has 0 heterocycles. The molecule has 0 saturated carbocycles. The van der Waals surface area contributed by atoms with Crippen LogP contribution < -0.4 is 5.32 Å². The van der Waals surface area contributed by atoms with Gasteiger partial charge in [0.05, 0.1) is 18.9 Å². The van der Waals surface area contributed by atoms with Crippen LogP contribution in [-0.4, -0.2) is 37.0 Å². The van der Waals surface area contributed by atoms with E-state index in [1.165, 1.54) is 13.8 Å². The first-order valence-electron chi connectivity index (χ1n) is 6.94. The molecule has 1 N–H and O–H groups in total. The summed E-state index contributed by atoms with van der Waals surface area (Å²) in [5.74, 6) is -4.47. The summed E-state index contributed by atoms with van der Waals surface area (Å²) in [5, 5.41) is 2.41. The number of rotatable bonds is 7. The lowest BCUT2D eigenvalue weighted by Gasteiger charge is -2.12. The van der Waals surface area contributed by atoms with Crippen molar-refractivity contribution in [2.75, 3.05) is 13.2 Å². The van der Waals surface area contributed by atoms with Crippen LogP contribution in [0.1, 0.15) is 40.5 Å². The summed E-state index contributed by atoms with van der Waals surface area (Å²) in [6.07, 6.45) is 0.843. The van der Waals surface area contributed by atoms with Gasteiger partial charge in [0, 0.05) is 6.42 Å². The molecule has 0 rings (SSSR count). The molecular formula is C14H21NO7. The van der Waals surface area contributed by atoms with Crippen molar-refractivity contribution in [3.8, 4) is 0 Å². The van der Waals surface area contributed by atoms with Crippen LogP contribution in [0.3, 0.4) is 0 Å². The highest BCUT2D eigenvalue weighted by atomic mass is 16.6. The van der Waals surface area contributed by atoms with Gasteiger partial charge in [-0.2, -0.15) is 0 Å². The van der Waals surface area contributed by atoms with Crippen LogP contribution in [0.25, 0.3) is 0 Å². The Balaban J connectivity index is 5.19. The third-order valence-corrected chi connectivity index (χ3v) is 2.24. The average Bonchev–Trinajstić information content (AvgIpc) is 2.44. The fourth-order valence-electron chi connectivity index (χ4n) is 1.35. The second-order valence-electron chi connectivity index (χ2n) is 4.08. The molecule has 22 heavy (non-hydrogen) atoms. The fraction of sp³-hybridized carbons (Fsp3) is 0.571. The van der Waals surface area contributed by atoms with Crippen LogP contribution in [0.2, 0.25) is 0 Å². The molecule has 0 aromatic heterocycles. The number of esters is 3. The summed E-state index contributed by atoms with van der Waals surface area (Å²) in [6.45, 7) is 6.27. The monoisotopic (exact) mass is 315 g/mol. The second-order valence-corrected chi connectivity index (χ2v) is 4.08. The Morgan fingerprint density at radius 1 is 0.864 bits per heavy atom. The summed E-state index contributed by atoms with van der Waals surface area (Å²) in [6, 6.07) is 0. The van der Waals surface area contributed by atoms with E-state index in [-0.39, 0.29) is 31.2 Å². The van der Waals surface area contributed by atoms with Crippen molar-refractivity contribution in [3.05, 3.63) is 11.5 Å². The lowest BCUT2D eigenvalue weighted by Crippen LogP contribution is -2.28. The van der Waals surface area contributed by atoms with Gasteiger partial charge >= 0.3 is 17.9 Å². The molecule has 0 saturated heterocycles. The molecule has 8 heteroatoms. The van der Waals surface area contributed by atoms with Gasteiger partial charge in [-0.1, -0.05) is 6.92 Å². The molecule has 0 aromatic carbocycles. The molecule has 0 aliphatic carbocycles. The summed E-state index contributed by atoms with van der Waals surface area (Å²) in [4.78, 5) is 46.1. The van der Waals surface area contributed by atoms with E-state index in [0.717, 1.165) is 0 Å². The zero-order chi connectivity index (χ0) is 17.1. The normalized spacial score (nSPS) is 11.1. The van der Waals surface area contributed by atoms with Gasteiger partial charge < -0.3 is 19.5 Å². The maximum absolute atomic E-state index is 11.8. The third kappa shape index (κ3) is 6.87. The Bertz CT molecular complexity index is 468. The van der Waals surface area contributed by atoms with Gasteiger partial charge in [0.25, 0.3) is 0 Å². The van der Waals surface area contributed by atoms with Crippen LogP contribution >= 0.6 is 0 Å². The molecule has 8 nitrogen and oxygen atoms in total. The van der Waals surface area contributed by atoms with Crippen LogP contribution in [0, 0.1) is 0 Å². The van der Waals surface area contributed by atoms with Crippen molar-refractivity contribution >= 4 is 23.8 Å². The zero-order valence-corrected chi connectivity index (χ0v) is 13.2. The lowest BCUT2D eigenvalue weighted by atomic mass is 10.3. The van der Waals surface area contributed by atoms with E-state index >= 15 is 0 Å². The molecule has 0 atom stereocenters. The van der Waals surface area contributed by atoms with Crippen molar-refractivity contribution in [1.29, 1.82) is 0 Å². The molecule has 0 aliphatic rings. The Hall–Kier alpha value is -2.38. The number of amides is 1. The van der Waals surface area contributed by atoms with Crippen LogP contribution in [0.4, 0.5) is 0 Å². The lowest BCUT2D eigenvalue weighted by molar-refractivity contribution is -0.167. The molecule has 0 bridgehead atoms. The highest BCUT2D eigenvalue weighted by Gasteiger charge is 2.26. The molecule has 0 radical (unpaired) electrons. The first kappa shape index (κ1) is 19.6. The summed E-state index contributed by atoms with van der Waals surface area (Å²) < 4.78 is 13.9. The summed E-state index contributed by atoms with van der Waals surface area (Å²) in [5.41, 5.74) is -0.0189. The van der Waals surface area contributed by atoms with Crippen molar-refractivity contribution in [3.63, 3.8) is 0 Å². The predicted molar refractivity (Wildman–Crippen MR) is 75.1 cm³/mol. The smallest absolute Gasteiger partial charge is 0.423 e. The molecule has 0 fully saturated rings. The standard InChI is InChI=1S/C14H21NO7/c1-5-8-10(16)15-9(4)11(12(17)20-6-2)22-14(19)13(18)21-7-3/h5-8H2,1-4H3,(H,15,16). The highest BCUT2D eigenvalue weighted by molar-refractivity contribution is 6.30. The minimum absolute atomic E-state index is 0.0153. The summed E-state index contributed by atoms with van der Waals surface area (Å²) in [7, 11) is 0. The molecule has 0 unspecified atom stereocenters. The minimum atomic E-state index is -1.37. The molecule has 124 valence electrons. The van der Waals surface area contributed by atoms with Crippen molar-refractivity contribution in [1.82, 2.24) is 5.32 Å². The first-order chi connectivity index (χ1) is 10.4. The number of hydrogen-bond donors (Lipinski definition) is 1. The number of nitrogens with one attached hydrogen (secondary N) is 1. The van der Waals surface area contributed by atoms with E-state index < -0.39 is 23.7 Å². The van der Waals surface area contributed by atoms with Gasteiger partial charge in [0.15, 0.2) is 0 Å². The predicted octanol–water partition coefficient (Wildman–Crippen LogP) is 0.804. The SMILES string of the molecule is CCCC(=O)NC(C)=C(OC(=O)C(=O)OCC)C(=O)OCC. The third-order valence-electron chi connectivity index (χ3n) is 2.24. The largest absolute Gasteiger partial charge is 0.460 e. The Kier molecular flexibility index (Phi) is 9.24. The van der Waals surface area contributed by atoms with Gasteiger partial charge in [-0.15, -0.1) is 0 Å². The molecular weight excluding hydrogens is 294 g/mol. The number of carbonyl (C=O) groups excluding carboxylic acids is 4. The van der Waals surface area contributed by atoms with Crippen molar-refractivity contribution < 1.29 is 33.4 Å². The maximum Gasteiger partial charge on any atom is 0.423 e. The van der Waals surface area contributed by atoms with Gasteiger partial charge in [-0.05, 0) is 27.2 Å². The number of hydrogen-bond acceptors (Lipinski definition) is 7. The molecule has 0 aliphatic heterocycles. The number of allylic oxidation sites excluding steroid dienone is 1.